The van der Waals surface area contributed by atoms with E-state index in [-0.39, 0.29) is 24.1 Å². The molecule has 0 bridgehead atoms. The average Bonchev–Trinajstić information content (AvgIpc) is 3.72. The van der Waals surface area contributed by atoms with Gasteiger partial charge >= 0.3 is 0 Å². The van der Waals surface area contributed by atoms with Gasteiger partial charge in [-0.15, -0.1) is 0 Å². The molecule has 41 heavy (non-hydrogen) atoms. The smallest absolute Gasteiger partial charge is 0.247 e. The van der Waals surface area contributed by atoms with Crippen LogP contribution in [0.15, 0.2) is 79.4 Å². The fourth-order valence-corrected chi connectivity index (χ4v) is 5.53. The van der Waals surface area contributed by atoms with Crippen molar-refractivity contribution >= 4 is 34.2 Å². The summed E-state index contributed by atoms with van der Waals surface area (Å²) in [6.45, 7) is 3.98. The number of aryl methyl sites for hydroxylation is 1. The van der Waals surface area contributed by atoms with E-state index in [1.807, 2.05) is 61.5 Å². The van der Waals surface area contributed by atoms with Crippen LogP contribution >= 0.6 is 0 Å². The Bertz CT molecular complexity index is 1770. The van der Waals surface area contributed by atoms with Crippen LogP contribution in [0.25, 0.3) is 27.7 Å². The Kier molecular flexibility index (Phi) is 6.88. The Morgan fingerprint density at radius 3 is 2.61 bits per heavy atom. The van der Waals surface area contributed by atoms with E-state index in [2.05, 4.69) is 20.6 Å². The Morgan fingerprint density at radius 1 is 1.00 bits per heavy atom. The highest BCUT2D eigenvalue weighted by Crippen LogP contribution is 2.29. The Morgan fingerprint density at radius 2 is 1.85 bits per heavy atom. The first-order chi connectivity index (χ1) is 19.9. The highest BCUT2D eigenvalue weighted by Gasteiger charge is 2.34. The van der Waals surface area contributed by atoms with Crippen LogP contribution in [-0.4, -0.2) is 59.6 Å². The van der Waals surface area contributed by atoms with E-state index < -0.39 is 6.04 Å². The number of amides is 2. The van der Waals surface area contributed by atoms with Crippen molar-refractivity contribution in [2.75, 3.05) is 11.9 Å². The Labute approximate surface area is 236 Å². The predicted molar refractivity (Wildman–Crippen MR) is 155 cm³/mol. The van der Waals surface area contributed by atoms with Crippen molar-refractivity contribution < 1.29 is 14.4 Å². The minimum Gasteiger partial charge on any atom is -0.337 e. The second kappa shape index (κ2) is 10.8. The summed E-state index contributed by atoms with van der Waals surface area (Å²) in [6, 6.07) is 16.4. The number of aromatic nitrogens is 5. The van der Waals surface area contributed by atoms with Gasteiger partial charge in [0.05, 0.1) is 23.8 Å². The molecule has 1 aliphatic heterocycles. The van der Waals surface area contributed by atoms with Gasteiger partial charge in [0.2, 0.25) is 11.8 Å². The Balaban J connectivity index is 1.24. The van der Waals surface area contributed by atoms with Gasteiger partial charge in [-0.05, 0) is 68.7 Å². The van der Waals surface area contributed by atoms with Crippen molar-refractivity contribution in [2.45, 2.75) is 39.3 Å². The predicted octanol–water partition coefficient (Wildman–Crippen LogP) is 4.42. The number of benzene rings is 2. The molecule has 4 heterocycles. The van der Waals surface area contributed by atoms with Gasteiger partial charge in [0.1, 0.15) is 12.6 Å². The number of nitrogens with zero attached hydrogens (tertiary/aromatic N) is 6. The van der Waals surface area contributed by atoms with Crippen LogP contribution in [0.1, 0.15) is 35.8 Å². The van der Waals surface area contributed by atoms with Gasteiger partial charge in [0.25, 0.3) is 0 Å². The fourth-order valence-electron chi connectivity index (χ4n) is 5.53. The highest BCUT2D eigenvalue weighted by atomic mass is 16.2. The number of carbonyl (C=O) groups excluding carboxylic acids is 3. The summed E-state index contributed by atoms with van der Waals surface area (Å²) in [7, 11) is 0. The van der Waals surface area contributed by atoms with E-state index in [0.717, 1.165) is 39.8 Å². The molecule has 10 heteroatoms. The standard InChI is InChI=1S/C31H29N7O3/c1-20-11-14-34-38(20)28-7-4-3-6-26(28)35-31(41)29-8-5-15-37(29)30(40)19-36-18-25(21(2)39)24-16-22(9-10-27(24)36)23-12-13-32-33-17-23/h3-4,6-7,9-14,16-18,29H,5,8,15,19H2,1-2H3,(H,35,41). The molecule has 1 N–H and O–H groups in total. The molecule has 3 aromatic heterocycles. The molecule has 0 saturated carbocycles. The lowest BCUT2D eigenvalue weighted by Crippen LogP contribution is -2.44. The number of rotatable bonds is 7. The van der Waals surface area contributed by atoms with E-state index in [1.165, 1.54) is 6.92 Å². The third-order valence-corrected chi connectivity index (χ3v) is 7.58. The molecular formula is C31H29N7O3. The summed E-state index contributed by atoms with van der Waals surface area (Å²) in [5, 5.41) is 15.9. The monoisotopic (exact) mass is 547 g/mol. The molecule has 1 aliphatic rings. The minimum atomic E-state index is -0.589. The minimum absolute atomic E-state index is 0.0206. The quantitative estimate of drug-likeness (QED) is 0.302. The van der Waals surface area contributed by atoms with Gasteiger partial charge in [0.15, 0.2) is 5.78 Å². The van der Waals surface area contributed by atoms with E-state index >= 15 is 0 Å². The topological polar surface area (TPSA) is 115 Å². The molecule has 10 nitrogen and oxygen atoms in total. The van der Waals surface area contributed by atoms with Crippen molar-refractivity contribution in [3.63, 3.8) is 0 Å². The van der Waals surface area contributed by atoms with Crippen LogP contribution in [0, 0.1) is 6.92 Å². The fraction of sp³-hybridized carbons (Fsp3) is 0.226. The molecule has 2 aromatic carbocycles. The molecule has 1 unspecified atom stereocenters. The number of fused-ring (bicyclic) bond motifs is 1. The largest absolute Gasteiger partial charge is 0.337 e. The Hall–Kier alpha value is -5.12. The maximum Gasteiger partial charge on any atom is 0.247 e. The van der Waals surface area contributed by atoms with Crippen LogP contribution in [-0.2, 0) is 16.1 Å². The molecule has 5 aromatic rings. The van der Waals surface area contributed by atoms with E-state index in [0.29, 0.717) is 24.2 Å². The number of anilines is 1. The number of para-hydroxylation sites is 2. The lowest BCUT2D eigenvalue weighted by molar-refractivity contribution is -0.137. The van der Waals surface area contributed by atoms with Crippen molar-refractivity contribution in [1.82, 2.24) is 29.4 Å². The van der Waals surface area contributed by atoms with Crippen molar-refractivity contribution in [3.8, 4) is 16.8 Å². The summed E-state index contributed by atoms with van der Waals surface area (Å²) in [4.78, 5) is 41.2. The summed E-state index contributed by atoms with van der Waals surface area (Å²) in [5.74, 6) is -0.491. The SMILES string of the molecule is CC(=O)c1cn(CC(=O)N2CCCC2C(=O)Nc2ccccc2-n2nccc2C)c2ccc(-c3ccnnc3)cc12. The lowest BCUT2D eigenvalue weighted by Gasteiger charge is -2.25. The highest BCUT2D eigenvalue weighted by molar-refractivity contribution is 6.08. The first kappa shape index (κ1) is 26.1. The summed E-state index contributed by atoms with van der Waals surface area (Å²) in [5.41, 5.74) is 5.44. The molecule has 1 atom stereocenters. The van der Waals surface area contributed by atoms with Crippen LogP contribution in [0.2, 0.25) is 0 Å². The summed E-state index contributed by atoms with van der Waals surface area (Å²) >= 11 is 0. The zero-order chi connectivity index (χ0) is 28.5. The van der Waals surface area contributed by atoms with Gasteiger partial charge in [-0.3, -0.25) is 14.4 Å². The summed E-state index contributed by atoms with van der Waals surface area (Å²) < 4.78 is 3.57. The molecule has 2 amide bonds. The van der Waals surface area contributed by atoms with Crippen LogP contribution < -0.4 is 5.32 Å². The average molecular weight is 548 g/mol. The number of hydrogen-bond acceptors (Lipinski definition) is 6. The van der Waals surface area contributed by atoms with Crippen LogP contribution in [0.5, 0.6) is 0 Å². The number of likely N-dealkylation sites (tertiary alicyclic amines) is 1. The molecule has 1 fully saturated rings. The van der Waals surface area contributed by atoms with E-state index in [1.54, 1.807) is 38.9 Å². The molecule has 206 valence electrons. The van der Waals surface area contributed by atoms with Crippen LogP contribution in [0.3, 0.4) is 0 Å². The second-order valence-electron chi connectivity index (χ2n) is 10.2. The molecule has 0 aliphatic carbocycles. The maximum absolute atomic E-state index is 13.6. The zero-order valence-electron chi connectivity index (χ0n) is 22.8. The molecular weight excluding hydrogens is 518 g/mol. The van der Waals surface area contributed by atoms with Gasteiger partial charge in [-0.2, -0.15) is 15.3 Å². The van der Waals surface area contributed by atoms with Gasteiger partial charge in [0, 0.05) is 46.7 Å². The lowest BCUT2D eigenvalue weighted by atomic mass is 10.0. The van der Waals surface area contributed by atoms with Gasteiger partial charge in [-0.1, -0.05) is 18.2 Å². The number of ketones is 1. The van der Waals surface area contributed by atoms with Gasteiger partial charge < -0.3 is 14.8 Å². The van der Waals surface area contributed by atoms with Crippen LogP contribution in [0.4, 0.5) is 5.69 Å². The third-order valence-electron chi connectivity index (χ3n) is 7.58. The normalized spacial score (nSPS) is 14.9. The van der Waals surface area contributed by atoms with Crippen molar-refractivity contribution in [1.29, 1.82) is 0 Å². The number of hydrogen-bond donors (Lipinski definition) is 1. The zero-order valence-corrected chi connectivity index (χ0v) is 22.8. The molecule has 6 rings (SSSR count). The van der Waals surface area contributed by atoms with Crippen molar-refractivity contribution in [2.24, 2.45) is 0 Å². The first-order valence-electron chi connectivity index (χ1n) is 13.5. The van der Waals surface area contributed by atoms with Gasteiger partial charge in [-0.25, -0.2) is 4.68 Å². The van der Waals surface area contributed by atoms with Crippen molar-refractivity contribution in [3.05, 3.63) is 90.6 Å². The number of nitrogens with one attached hydrogen (secondary N) is 1. The third kappa shape index (κ3) is 5.00. The molecule has 0 spiro atoms. The maximum atomic E-state index is 13.6. The number of Topliss-reactive ketones (excluding diaryl/α,β-unsaturated/α-hetero) is 1. The first-order valence-corrected chi connectivity index (χ1v) is 13.5. The second-order valence-corrected chi connectivity index (χ2v) is 10.2. The molecule has 1 saturated heterocycles. The molecule has 0 radical (unpaired) electrons. The number of carbonyl (C=O) groups is 3. The van der Waals surface area contributed by atoms with E-state index in [9.17, 15) is 14.4 Å². The van der Waals surface area contributed by atoms with E-state index in [4.69, 9.17) is 0 Å². The summed E-state index contributed by atoms with van der Waals surface area (Å²) in [6.07, 6.45) is 8.04.